The summed E-state index contributed by atoms with van der Waals surface area (Å²) in [5, 5.41) is 8.78. The van der Waals surface area contributed by atoms with Crippen molar-refractivity contribution in [2.75, 3.05) is 13.1 Å². The fourth-order valence-corrected chi connectivity index (χ4v) is 2.86. The predicted octanol–water partition coefficient (Wildman–Crippen LogP) is 2.36. The van der Waals surface area contributed by atoms with E-state index in [9.17, 15) is 9.59 Å². The highest BCUT2D eigenvalue weighted by molar-refractivity contribution is 5.76. The van der Waals surface area contributed by atoms with Crippen LogP contribution in [0.15, 0.2) is 29.1 Å². The van der Waals surface area contributed by atoms with E-state index < -0.39 is 5.60 Å². The van der Waals surface area contributed by atoms with Gasteiger partial charge in [0.25, 0.3) is 5.56 Å². The highest BCUT2D eigenvalue weighted by atomic mass is 16.6. The molecule has 0 atom stereocenters. The van der Waals surface area contributed by atoms with Crippen molar-refractivity contribution in [2.24, 2.45) is 0 Å². The Morgan fingerprint density at radius 1 is 1.21 bits per heavy atom. The van der Waals surface area contributed by atoms with Crippen LogP contribution >= 0.6 is 0 Å². The van der Waals surface area contributed by atoms with Crippen molar-refractivity contribution >= 4 is 17.0 Å². The molecule has 1 amide bonds. The third-order valence-electron chi connectivity index (χ3n) is 4.05. The van der Waals surface area contributed by atoms with Crippen molar-refractivity contribution in [3.63, 3.8) is 0 Å². The summed E-state index contributed by atoms with van der Waals surface area (Å²) in [5.41, 5.74) is -0.0319. The van der Waals surface area contributed by atoms with Crippen LogP contribution in [-0.2, 0) is 4.74 Å². The first-order valence-electron chi connectivity index (χ1n) is 8.17. The largest absolute Gasteiger partial charge is 0.444 e. The fourth-order valence-electron chi connectivity index (χ4n) is 2.86. The Morgan fingerprint density at radius 3 is 2.54 bits per heavy atom. The van der Waals surface area contributed by atoms with E-state index in [2.05, 4.69) is 10.3 Å². The van der Waals surface area contributed by atoms with E-state index in [1.54, 1.807) is 17.0 Å². The van der Waals surface area contributed by atoms with Crippen LogP contribution in [0.3, 0.4) is 0 Å². The molecule has 0 aliphatic carbocycles. The average Bonchev–Trinajstić information content (AvgIpc) is 2.54. The minimum atomic E-state index is -0.505. The van der Waals surface area contributed by atoms with Crippen LogP contribution in [0.5, 0.6) is 0 Å². The summed E-state index contributed by atoms with van der Waals surface area (Å²) < 4.78 is 6.84. The standard InChI is InChI=1S/C17H22N4O3/c1-17(2,3)24-16(23)20-10-8-12(9-11-20)21-15(22)13-6-4-5-7-14(13)18-19-21/h4-7,12H,8-11H2,1-3H3. The SMILES string of the molecule is CC(C)(C)OC(=O)N1CCC(n2nnc3ccccc3c2=O)CC1. The van der Waals surface area contributed by atoms with Gasteiger partial charge in [0.1, 0.15) is 11.1 Å². The van der Waals surface area contributed by atoms with Gasteiger partial charge >= 0.3 is 6.09 Å². The van der Waals surface area contributed by atoms with Gasteiger partial charge in [-0.2, -0.15) is 0 Å². The smallest absolute Gasteiger partial charge is 0.410 e. The minimum Gasteiger partial charge on any atom is -0.444 e. The Labute approximate surface area is 140 Å². The number of hydrogen-bond donors (Lipinski definition) is 0. The molecule has 1 aromatic carbocycles. The maximum absolute atomic E-state index is 12.6. The number of hydrogen-bond acceptors (Lipinski definition) is 5. The van der Waals surface area contributed by atoms with Crippen LogP contribution in [0.25, 0.3) is 10.9 Å². The van der Waals surface area contributed by atoms with E-state index >= 15 is 0 Å². The zero-order valence-electron chi connectivity index (χ0n) is 14.2. The van der Waals surface area contributed by atoms with Crippen molar-refractivity contribution in [3.8, 4) is 0 Å². The van der Waals surface area contributed by atoms with Crippen LogP contribution in [0.4, 0.5) is 4.79 Å². The maximum atomic E-state index is 12.6. The number of carbonyl (C=O) groups is 1. The molecule has 1 aliphatic rings. The number of nitrogens with zero attached hydrogens (tertiary/aromatic N) is 4. The van der Waals surface area contributed by atoms with Crippen molar-refractivity contribution in [1.29, 1.82) is 0 Å². The van der Waals surface area contributed by atoms with Gasteiger partial charge in [0, 0.05) is 13.1 Å². The number of piperidine rings is 1. The van der Waals surface area contributed by atoms with E-state index in [-0.39, 0.29) is 17.7 Å². The summed E-state index contributed by atoms with van der Waals surface area (Å²) in [6.07, 6.45) is 1.01. The van der Waals surface area contributed by atoms with Crippen LogP contribution in [0, 0.1) is 0 Å². The zero-order valence-corrected chi connectivity index (χ0v) is 14.2. The first kappa shape index (κ1) is 16.4. The maximum Gasteiger partial charge on any atom is 0.410 e. The molecule has 128 valence electrons. The predicted molar refractivity (Wildman–Crippen MR) is 89.9 cm³/mol. The average molecular weight is 330 g/mol. The van der Waals surface area contributed by atoms with E-state index in [0.29, 0.717) is 36.8 Å². The summed E-state index contributed by atoms with van der Waals surface area (Å²) in [6.45, 7) is 6.63. The summed E-state index contributed by atoms with van der Waals surface area (Å²) in [6, 6.07) is 7.15. The number of aromatic nitrogens is 3. The highest BCUT2D eigenvalue weighted by Crippen LogP contribution is 2.22. The molecule has 7 heteroatoms. The lowest BCUT2D eigenvalue weighted by molar-refractivity contribution is 0.0182. The molecule has 1 fully saturated rings. The Hall–Kier alpha value is -2.44. The number of likely N-dealkylation sites (tertiary alicyclic amines) is 1. The monoisotopic (exact) mass is 330 g/mol. The lowest BCUT2D eigenvalue weighted by atomic mass is 10.1. The van der Waals surface area contributed by atoms with Gasteiger partial charge in [0.05, 0.1) is 11.4 Å². The molecule has 0 N–H and O–H groups in total. The third kappa shape index (κ3) is 3.39. The highest BCUT2D eigenvalue weighted by Gasteiger charge is 2.28. The Kier molecular flexibility index (Phi) is 4.26. The van der Waals surface area contributed by atoms with E-state index in [0.717, 1.165) is 0 Å². The molecule has 0 bridgehead atoms. The lowest BCUT2D eigenvalue weighted by Gasteiger charge is -2.33. The van der Waals surface area contributed by atoms with Crippen LogP contribution in [0.2, 0.25) is 0 Å². The van der Waals surface area contributed by atoms with E-state index in [4.69, 9.17) is 4.74 Å². The third-order valence-corrected chi connectivity index (χ3v) is 4.05. The lowest BCUT2D eigenvalue weighted by Crippen LogP contribution is -2.43. The molecular formula is C17H22N4O3. The number of carbonyl (C=O) groups excluding carboxylic acids is 1. The number of rotatable bonds is 1. The van der Waals surface area contributed by atoms with Gasteiger partial charge in [-0.15, -0.1) is 5.10 Å². The Bertz CT molecular complexity index is 801. The first-order chi connectivity index (χ1) is 11.3. The van der Waals surface area contributed by atoms with Gasteiger partial charge in [0.15, 0.2) is 0 Å². The fraction of sp³-hybridized carbons (Fsp3) is 0.529. The van der Waals surface area contributed by atoms with Gasteiger partial charge in [-0.25, -0.2) is 9.48 Å². The summed E-state index contributed by atoms with van der Waals surface area (Å²) in [4.78, 5) is 26.4. The molecule has 24 heavy (non-hydrogen) atoms. The molecule has 0 spiro atoms. The molecule has 1 aliphatic heterocycles. The number of ether oxygens (including phenoxy) is 1. The van der Waals surface area contributed by atoms with Gasteiger partial charge in [-0.3, -0.25) is 4.79 Å². The van der Waals surface area contributed by atoms with Crippen LogP contribution in [0.1, 0.15) is 39.7 Å². The van der Waals surface area contributed by atoms with Crippen molar-refractivity contribution in [3.05, 3.63) is 34.6 Å². The molecule has 7 nitrogen and oxygen atoms in total. The first-order valence-corrected chi connectivity index (χ1v) is 8.17. The van der Waals surface area contributed by atoms with Crippen molar-refractivity contribution in [1.82, 2.24) is 19.9 Å². The number of amides is 1. The molecule has 3 rings (SSSR count). The molecule has 0 radical (unpaired) electrons. The number of fused-ring (bicyclic) bond motifs is 1. The Balaban J connectivity index is 1.72. The van der Waals surface area contributed by atoms with Gasteiger partial charge in [-0.1, -0.05) is 17.3 Å². The number of benzene rings is 1. The molecule has 0 saturated carbocycles. The van der Waals surface area contributed by atoms with Gasteiger partial charge < -0.3 is 9.64 Å². The second-order valence-electron chi connectivity index (χ2n) is 7.05. The summed E-state index contributed by atoms with van der Waals surface area (Å²) in [7, 11) is 0. The van der Waals surface area contributed by atoms with Crippen molar-refractivity contribution < 1.29 is 9.53 Å². The van der Waals surface area contributed by atoms with Crippen LogP contribution in [-0.4, -0.2) is 44.7 Å². The molecule has 2 heterocycles. The normalized spacial score (nSPS) is 16.4. The Morgan fingerprint density at radius 2 is 1.88 bits per heavy atom. The second-order valence-corrected chi connectivity index (χ2v) is 7.05. The van der Waals surface area contributed by atoms with E-state index in [1.807, 2.05) is 32.9 Å². The zero-order chi connectivity index (χ0) is 17.3. The summed E-state index contributed by atoms with van der Waals surface area (Å²) >= 11 is 0. The molecule has 0 unspecified atom stereocenters. The molecular weight excluding hydrogens is 308 g/mol. The summed E-state index contributed by atoms with van der Waals surface area (Å²) in [5.74, 6) is 0. The van der Waals surface area contributed by atoms with Gasteiger partial charge in [-0.05, 0) is 45.7 Å². The molecule has 1 saturated heterocycles. The molecule has 1 aromatic heterocycles. The quantitative estimate of drug-likeness (QED) is 0.802. The molecule has 2 aromatic rings. The second kappa shape index (κ2) is 6.22. The van der Waals surface area contributed by atoms with Gasteiger partial charge in [0.2, 0.25) is 0 Å². The topological polar surface area (TPSA) is 77.3 Å². The van der Waals surface area contributed by atoms with Crippen molar-refractivity contribution in [2.45, 2.75) is 45.3 Å². The van der Waals surface area contributed by atoms with E-state index in [1.165, 1.54) is 4.68 Å². The minimum absolute atomic E-state index is 0.0479. The van der Waals surface area contributed by atoms with Crippen LogP contribution < -0.4 is 5.56 Å².